The van der Waals surface area contributed by atoms with Gasteiger partial charge < -0.3 is 247 Å². The Balaban J connectivity index is 4.25. The molecule has 0 spiro atoms. The van der Waals surface area contributed by atoms with Gasteiger partial charge in [0.2, 0.25) is 11.8 Å². The summed E-state index contributed by atoms with van der Waals surface area (Å²) in [5.74, 6) is -1.43. The molecule has 125 heavy (non-hydrogen) atoms. The van der Waals surface area contributed by atoms with Gasteiger partial charge in [0, 0.05) is 65.4 Å². The van der Waals surface area contributed by atoms with E-state index < -0.39 is 319 Å². The zero-order valence-electron chi connectivity index (χ0n) is 69.2. The third-order valence-corrected chi connectivity index (χ3v) is 17.2. The number of aliphatic hydroxyl groups excluding tert-OH is 32. The van der Waals surface area contributed by atoms with Crippen LogP contribution in [0.1, 0.15) is 6.42 Å². The van der Waals surface area contributed by atoms with E-state index in [2.05, 4.69) is 21.3 Å². The molecule has 0 heterocycles. The predicted molar refractivity (Wildman–Crippen MR) is 415 cm³/mol. The van der Waals surface area contributed by atoms with Gasteiger partial charge in [0.25, 0.3) is 0 Å². The minimum absolute atomic E-state index is 0.125. The van der Waals surface area contributed by atoms with Crippen molar-refractivity contribution in [1.29, 1.82) is 0 Å². The minimum atomic E-state index is -2.06. The molecule has 744 valence electrons. The third-order valence-electron chi connectivity index (χ3n) is 17.2. The van der Waals surface area contributed by atoms with Crippen molar-refractivity contribution in [3.8, 4) is 0 Å². The Morgan fingerprint density at radius 1 is 0.232 bits per heavy atom. The lowest BCUT2D eigenvalue weighted by Crippen LogP contribution is -2.54. The summed E-state index contributed by atoms with van der Waals surface area (Å²) in [5, 5.41) is 330. The molecule has 55 heteroatoms. The summed E-state index contributed by atoms with van der Waals surface area (Å²) in [6, 6.07) is -1.32. The molecule has 0 radical (unpaired) electrons. The van der Waals surface area contributed by atoms with Crippen molar-refractivity contribution in [3.63, 3.8) is 0 Å². The lowest BCUT2D eigenvalue weighted by molar-refractivity contribution is -0.133. The highest BCUT2D eigenvalue weighted by Crippen LogP contribution is 2.15. The fourth-order valence-electron chi connectivity index (χ4n) is 10.4. The number of ether oxygens (including phenoxy) is 12. The van der Waals surface area contributed by atoms with Crippen molar-refractivity contribution < 1.29 is 239 Å². The van der Waals surface area contributed by atoms with E-state index in [9.17, 15) is 162 Å². The van der Waals surface area contributed by atoms with Crippen molar-refractivity contribution in [3.05, 3.63) is 0 Å². The Morgan fingerprint density at radius 2 is 0.408 bits per heavy atom. The van der Waals surface area contributed by atoms with Crippen molar-refractivity contribution in [2.45, 2.75) is 183 Å². The molecule has 0 aliphatic carbocycles. The maximum atomic E-state index is 12.4. The highest BCUT2D eigenvalue weighted by Gasteiger charge is 2.38. The highest BCUT2D eigenvalue weighted by molar-refractivity contribution is 5.88. The van der Waals surface area contributed by atoms with Gasteiger partial charge in [0.05, 0.1) is 208 Å². The van der Waals surface area contributed by atoms with Crippen LogP contribution in [0.5, 0.6) is 0 Å². The van der Waals surface area contributed by atoms with Gasteiger partial charge in [-0.05, 0) is 0 Å². The molecular formula is C70H141N7O48. The van der Waals surface area contributed by atoms with Crippen LogP contribution in [0.3, 0.4) is 0 Å². The van der Waals surface area contributed by atoms with E-state index in [0.29, 0.717) is 0 Å². The van der Waals surface area contributed by atoms with Crippen LogP contribution in [0.2, 0.25) is 0 Å². The lowest BCUT2D eigenvalue weighted by Gasteiger charge is -2.34. The zero-order chi connectivity index (χ0) is 94.7. The number of carbonyl (C=O) groups excluding carboxylic acids is 4. The smallest absolute Gasteiger partial charge is 0.407 e. The van der Waals surface area contributed by atoms with Crippen LogP contribution >= 0.6 is 0 Å². The topological polar surface area (TPSA) is 907 Å². The number of nitrogens with two attached hydrogens (primary N) is 1. The van der Waals surface area contributed by atoms with E-state index in [-0.39, 0.29) is 125 Å². The second-order valence-corrected chi connectivity index (χ2v) is 29.4. The Labute approximate surface area is 718 Å². The summed E-state index contributed by atoms with van der Waals surface area (Å²) in [6.45, 7) is -16.5. The van der Waals surface area contributed by atoms with Crippen molar-refractivity contribution in [2.75, 3.05) is 237 Å². The van der Waals surface area contributed by atoms with Crippen molar-refractivity contribution in [1.82, 2.24) is 31.1 Å². The quantitative estimate of drug-likeness (QED) is 0.0251. The van der Waals surface area contributed by atoms with Gasteiger partial charge in [0.15, 0.2) is 0 Å². The fourth-order valence-corrected chi connectivity index (χ4v) is 10.4. The Bertz CT molecular complexity index is 2600. The number of carbonyl (C=O) groups is 4. The van der Waals surface area contributed by atoms with Crippen LogP contribution in [0, 0.1) is 0 Å². The van der Waals surface area contributed by atoms with Crippen LogP contribution in [-0.4, -0.2) is 611 Å². The SMILES string of the molecule is N[C@H](CC(=O)NCCNC(=O)OCC(O)COCC(O)COCC(O)COCC(O)COCC(O)COCC(O)CN(C[C@H](O)[C@@H](O)[C@H](O)[C@H](O)CO)C[C@H](O)[C@@H](O)[C@H](O)[C@H](O)CO)C(=O)NCCNC(=O)OCC(O)COCC(O)COCC(O)COCC(O)COCC(O)COCC(O)CN(C[C@H](O)[C@@H](O)[C@H](O)[C@H](O)CO)C[C@H](O)[C@@H](O)[C@H](O)[C@H](O)CO. The fraction of sp³-hybridized carbons (Fsp3) is 0.943. The van der Waals surface area contributed by atoms with Crippen LogP contribution in [0.15, 0.2) is 0 Å². The highest BCUT2D eigenvalue weighted by atomic mass is 16.6. The maximum absolute atomic E-state index is 12.4. The number of nitrogens with one attached hydrogen (secondary N) is 4. The van der Waals surface area contributed by atoms with Crippen LogP contribution in [-0.2, 0) is 66.4 Å². The number of hydrogen-bond acceptors (Lipinski definition) is 51. The second-order valence-electron chi connectivity index (χ2n) is 29.4. The normalized spacial score (nSPS) is 19.3. The number of rotatable bonds is 81. The first-order valence-electron chi connectivity index (χ1n) is 39.8. The summed E-state index contributed by atoms with van der Waals surface area (Å²) < 4.78 is 62.2. The molecule has 38 N–H and O–H groups in total. The molecule has 0 aromatic carbocycles. The molecule has 0 aliphatic rings. The van der Waals surface area contributed by atoms with Gasteiger partial charge in [-0.1, -0.05) is 0 Å². The number of hydrogen-bond donors (Lipinski definition) is 37. The number of nitrogens with zero attached hydrogens (tertiary/aromatic N) is 2. The number of amides is 4. The van der Waals surface area contributed by atoms with Crippen molar-refractivity contribution in [2.24, 2.45) is 5.73 Å². The van der Waals surface area contributed by atoms with Gasteiger partial charge >= 0.3 is 12.2 Å². The molecule has 55 nitrogen and oxygen atoms in total. The van der Waals surface area contributed by atoms with Crippen LogP contribution in [0.25, 0.3) is 0 Å². The molecule has 0 saturated heterocycles. The van der Waals surface area contributed by atoms with Crippen LogP contribution < -0.4 is 27.0 Å². The van der Waals surface area contributed by atoms with E-state index in [1.165, 1.54) is 0 Å². The summed E-state index contributed by atoms with van der Waals surface area (Å²) in [5.41, 5.74) is 5.81. The van der Waals surface area contributed by atoms with Gasteiger partial charge in [-0.15, -0.1) is 0 Å². The second kappa shape index (κ2) is 71.4. The minimum Gasteiger partial charge on any atom is -0.447 e. The van der Waals surface area contributed by atoms with Gasteiger partial charge in [-0.3, -0.25) is 19.4 Å². The lowest BCUT2D eigenvalue weighted by atomic mass is 10.0. The molecular weight excluding hydrogens is 1710 g/mol. The van der Waals surface area contributed by atoms with E-state index in [4.69, 9.17) is 83.0 Å². The molecule has 4 amide bonds. The zero-order valence-corrected chi connectivity index (χ0v) is 69.2. The Kier molecular flexibility index (Phi) is 68.9. The molecule has 29 atom stereocenters. The Hall–Kier alpha value is -4.32. The number of alkyl carbamates (subject to hydrolysis) is 2. The first-order valence-corrected chi connectivity index (χ1v) is 39.8. The molecule has 12 unspecified atom stereocenters. The van der Waals surface area contributed by atoms with E-state index in [1.54, 1.807) is 0 Å². The van der Waals surface area contributed by atoms with Crippen LogP contribution in [0.4, 0.5) is 9.59 Å². The summed E-state index contributed by atoms with van der Waals surface area (Å²) in [6.07, 6.45) is -49.3. The standard InChI is InChI=1S/C70H141N7O48/c71-50(68(111)73-2-4-75-70(113)125-37-49(93)35-123-33-47(91)31-121-29-45(89)27-119-25-43(87)23-117-21-41(85)19-115-17-39(83)7-77(10-53(96)62(105)66(109)57(100)14-80)11-54(97)63(106)67(110)58(101)15-81)5-59(102)72-1-3-74-69(112)124-36-48(92)34-122-32-46(90)30-120-28-44(88)26-118-24-42(86)22-116-20-40(84)18-114-16-38(82)6-76(8-51(94)60(103)64(107)55(98)12-78)9-52(95)61(104)65(108)56(99)13-79/h38-58,60-67,78-101,103-110H,1-37,71H2,(H,72,102)(H,73,111)(H,74,112)(H,75,113)/t38?,39?,40?,41?,42?,43?,44?,45?,46?,47?,48?,49?,50-,51+,52+,53+,54+,55-,56-,57-,58-,60-,61-,62-,63-,64-,65-,66-,67-/m1/s1. The third kappa shape index (κ3) is 58.9. The van der Waals surface area contributed by atoms with Gasteiger partial charge in [-0.2, -0.15) is 0 Å². The van der Waals surface area contributed by atoms with E-state index >= 15 is 0 Å². The average molecular weight is 1850 g/mol. The predicted octanol–water partition coefficient (Wildman–Crippen LogP) is -22.8. The van der Waals surface area contributed by atoms with Crippen molar-refractivity contribution >= 4 is 24.0 Å². The summed E-state index contributed by atoms with van der Waals surface area (Å²) in [7, 11) is 0. The molecule has 0 aliphatic heterocycles. The first-order chi connectivity index (χ1) is 59.0. The van der Waals surface area contributed by atoms with E-state index in [0.717, 1.165) is 9.80 Å². The van der Waals surface area contributed by atoms with Gasteiger partial charge in [-0.25, -0.2) is 9.59 Å². The average Bonchev–Trinajstić information content (AvgIpc) is 0.867. The van der Waals surface area contributed by atoms with Gasteiger partial charge in [0.1, 0.15) is 148 Å². The summed E-state index contributed by atoms with van der Waals surface area (Å²) in [4.78, 5) is 51.0. The molecule has 0 bridgehead atoms. The first kappa shape index (κ1) is 121. The molecule has 0 aromatic rings. The molecule has 0 aromatic heterocycles. The summed E-state index contributed by atoms with van der Waals surface area (Å²) >= 11 is 0. The maximum Gasteiger partial charge on any atom is 0.407 e. The number of aliphatic hydroxyl groups is 32. The molecule has 0 fully saturated rings. The monoisotopic (exact) mass is 1850 g/mol. The molecule has 0 saturated carbocycles. The Morgan fingerprint density at radius 3 is 0.616 bits per heavy atom. The van der Waals surface area contributed by atoms with E-state index in [1.807, 2.05) is 0 Å². The largest absolute Gasteiger partial charge is 0.447 e. The molecule has 0 rings (SSSR count).